The van der Waals surface area contributed by atoms with Gasteiger partial charge in [-0.25, -0.2) is 9.97 Å². The molecule has 5 nitrogen and oxygen atoms in total. The molecule has 0 unspecified atom stereocenters. The highest BCUT2D eigenvalue weighted by Gasteiger charge is 2.13. The van der Waals surface area contributed by atoms with Gasteiger partial charge in [0.05, 0.1) is 6.54 Å². The van der Waals surface area contributed by atoms with E-state index >= 15 is 0 Å². The van der Waals surface area contributed by atoms with Crippen LogP contribution in [-0.2, 0) is 11.2 Å². The number of nitrogens with zero attached hydrogens (tertiary/aromatic N) is 2. The van der Waals surface area contributed by atoms with Crippen LogP contribution in [0.2, 0.25) is 0 Å². The normalized spacial score (nSPS) is 11.1. The van der Waals surface area contributed by atoms with Gasteiger partial charge in [0.15, 0.2) is 0 Å². The highest BCUT2D eigenvalue weighted by atomic mass is 16.2. The monoisotopic (exact) mass is 236 g/mol. The van der Waals surface area contributed by atoms with E-state index in [2.05, 4.69) is 20.6 Å². The van der Waals surface area contributed by atoms with Crippen molar-refractivity contribution in [2.24, 2.45) is 0 Å². The van der Waals surface area contributed by atoms with Gasteiger partial charge in [0, 0.05) is 17.3 Å². The van der Waals surface area contributed by atoms with Gasteiger partial charge in [-0.3, -0.25) is 4.79 Å². The summed E-state index contributed by atoms with van der Waals surface area (Å²) in [4.78, 5) is 19.7. The number of aryl methyl sites for hydroxylation is 1. The summed E-state index contributed by atoms with van der Waals surface area (Å²) in [5, 5.41) is 5.85. The first kappa shape index (κ1) is 13.4. The van der Waals surface area contributed by atoms with Gasteiger partial charge in [0.2, 0.25) is 5.91 Å². The van der Waals surface area contributed by atoms with Gasteiger partial charge in [0.25, 0.3) is 0 Å². The quantitative estimate of drug-likeness (QED) is 0.828. The average Bonchev–Trinajstić information content (AvgIpc) is 2.24. The molecule has 0 saturated heterocycles. The van der Waals surface area contributed by atoms with Gasteiger partial charge in [-0.05, 0) is 27.2 Å². The van der Waals surface area contributed by atoms with Gasteiger partial charge in [-0.1, -0.05) is 6.92 Å². The lowest BCUT2D eigenvalue weighted by molar-refractivity contribution is -0.120. The zero-order valence-electron chi connectivity index (χ0n) is 10.9. The van der Waals surface area contributed by atoms with Gasteiger partial charge >= 0.3 is 0 Å². The maximum absolute atomic E-state index is 11.6. The molecular weight excluding hydrogens is 216 g/mol. The van der Waals surface area contributed by atoms with E-state index in [0.29, 0.717) is 5.82 Å². The lowest BCUT2D eigenvalue weighted by Gasteiger charge is -2.20. The molecule has 5 heteroatoms. The molecule has 0 aliphatic heterocycles. The van der Waals surface area contributed by atoms with Crippen LogP contribution >= 0.6 is 0 Å². The molecule has 0 spiro atoms. The fourth-order valence-electron chi connectivity index (χ4n) is 1.32. The minimum atomic E-state index is -0.209. The summed E-state index contributed by atoms with van der Waals surface area (Å²) in [6, 6.07) is 1.85. The summed E-state index contributed by atoms with van der Waals surface area (Å²) in [6.07, 6.45) is 2.36. The Morgan fingerprint density at radius 1 is 1.35 bits per heavy atom. The molecule has 1 amide bonds. The molecule has 0 bridgehead atoms. The number of carbonyl (C=O) groups excluding carboxylic acids is 1. The molecule has 2 N–H and O–H groups in total. The third-order valence-corrected chi connectivity index (χ3v) is 2.03. The third-order valence-electron chi connectivity index (χ3n) is 2.03. The number of amides is 1. The van der Waals surface area contributed by atoms with E-state index in [1.54, 1.807) is 0 Å². The molecule has 1 aromatic rings. The molecule has 0 atom stereocenters. The highest BCUT2D eigenvalue weighted by Crippen LogP contribution is 2.04. The number of anilines is 1. The zero-order chi connectivity index (χ0) is 12.9. The van der Waals surface area contributed by atoms with E-state index in [0.717, 1.165) is 12.1 Å². The van der Waals surface area contributed by atoms with Crippen LogP contribution in [0.15, 0.2) is 12.4 Å². The van der Waals surface area contributed by atoms with E-state index in [1.165, 1.54) is 6.33 Å². The molecule has 0 radical (unpaired) electrons. The molecule has 0 aliphatic carbocycles. The molecule has 1 heterocycles. The van der Waals surface area contributed by atoms with Crippen LogP contribution in [-0.4, -0.2) is 28.0 Å². The molecule has 0 aromatic carbocycles. The van der Waals surface area contributed by atoms with Gasteiger partial charge < -0.3 is 10.6 Å². The minimum absolute atomic E-state index is 0.0471. The SMILES string of the molecule is CCc1cc(NCC(=O)NC(C)(C)C)ncn1. The molecule has 0 aliphatic rings. The van der Waals surface area contributed by atoms with Crippen molar-refractivity contribution < 1.29 is 4.79 Å². The molecule has 1 rings (SSSR count). The number of aromatic nitrogens is 2. The van der Waals surface area contributed by atoms with Crippen molar-refractivity contribution in [1.29, 1.82) is 0 Å². The molecule has 0 fully saturated rings. The first-order valence-corrected chi connectivity index (χ1v) is 5.76. The van der Waals surface area contributed by atoms with Crippen molar-refractivity contribution in [2.75, 3.05) is 11.9 Å². The summed E-state index contributed by atoms with van der Waals surface area (Å²) in [7, 11) is 0. The predicted octanol–water partition coefficient (Wildman–Crippen LogP) is 1.37. The second kappa shape index (κ2) is 5.61. The fraction of sp³-hybridized carbons (Fsp3) is 0.583. The maximum atomic E-state index is 11.6. The Kier molecular flexibility index (Phi) is 4.43. The van der Waals surface area contributed by atoms with E-state index in [4.69, 9.17) is 0 Å². The summed E-state index contributed by atoms with van der Waals surface area (Å²) in [6.45, 7) is 8.09. The second-order valence-electron chi connectivity index (χ2n) is 4.90. The van der Waals surface area contributed by atoms with Crippen LogP contribution in [0.5, 0.6) is 0 Å². The van der Waals surface area contributed by atoms with Crippen molar-refractivity contribution in [1.82, 2.24) is 15.3 Å². The Morgan fingerprint density at radius 2 is 2.06 bits per heavy atom. The van der Waals surface area contributed by atoms with Crippen LogP contribution in [0.3, 0.4) is 0 Å². The van der Waals surface area contributed by atoms with Crippen LogP contribution in [0.4, 0.5) is 5.82 Å². The topological polar surface area (TPSA) is 66.9 Å². The molecule has 17 heavy (non-hydrogen) atoms. The van der Waals surface area contributed by atoms with Crippen LogP contribution in [0, 0.1) is 0 Å². The van der Waals surface area contributed by atoms with E-state index in [-0.39, 0.29) is 18.0 Å². The molecule has 1 aromatic heterocycles. The van der Waals surface area contributed by atoms with Gasteiger partial charge in [0.1, 0.15) is 12.1 Å². The molecular formula is C12H20N4O. The Morgan fingerprint density at radius 3 is 2.65 bits per heavy atom. The number of hydrogen-bond donors (Lipinski definition) is 2. The van der Waals surface area contributed by atoms with Gasteiger partial charge in [-0.15, -0.1) is 0 Å². The summed E-state index contributed by atoms with van der Waals surface area (Å²) >= 11 is 0. The van der Waals surface area contributed by atoms with Gasteiger partial charge in [-0.2, -0.15) is 0 Å². The van der Waals surface area contributed by atoms with E-state index in [1.807, 2.05) is 33.8 Å². The summed E-state index contributed by atoms with van der Waals surface area (Å²) in [5.74, 6) is 0.634. The first-order valence-electron chi connectivity index (χ1n) is 5.76. The van der Waals surface area contributed by atoms with E-state index < -0.39 is 0 Å². The largest absolute Gasteiger partial charge is 0.361 e. The van der Waals surface area contributed by atoms with Crippen molar-refractivity contribution in [3.8, 4) is 0 Å². The van der Waals surface area contributed by atoms with Crippen molar-refractivity contribution in [3.63, 3.8) is 0 Å². The summed E-state index contributed by atoms with van der Waals surface area (Å²) < 4.78 is 0. The van der Waals surface area contributed by atoms with Crippen molar-refractivity contribution in [3.05, 3.63) is 18.1 Å². The van der Waals surface area contributed by atoms with Crippen LogP contribution < -0.4 is 10.6 Å². The lowest BCUT2D eigenvalue weighted by Crippen LogP contribution is -2.43. The number of carbonyl (C=O) groups is 1. The number of hydrogen-bond acceptors (Lipinski definition) is 4. The Bertz CT molecular complexity index is 384. The summed E-state index contributed by atoms with van der Waals surface area (Å²) in [5.41, 5.74) is 0.748. The fourth-order valence-corrected chi connectivity index (χ4v) is 1.32. The smallest absolute Gasteiger partial charge is 0.239 e. The van der Waals surface area contributed by atoms with Crippen LogP contribution in [0.1, 0.15) is 33.4 Å². The molecule has 0 saturated carbocycles. The highest BCUT2D eigenvalue weighted by molar-refractivity contribution is 5.80. The number of nitrogens with one attached hydrogen (secondary N) is 2. The van der Waals surface area contributed by atoms with Crippen LogP contribution in [0.25, 0.3) is 0 Å². The predicted molar refractivity (Wildman–Crippen MR) is 67.8 cm³/mol. The lowest BCUT2D eigenvalue weighted by atomic mass is 10.1. The Labute approximate surface area is 102 Å². The standard InChI is InChI=1S/C12H20N4O/c1-5-9-6-10(15-8-14-9)13-7-11(17)16-12(2,3)4/h6,8H,5,7H2,1-4H3,(H,16,17)(H,13,14,15). The average molecular weight is 236 g/mol. The maximum Gasteiger partial charge on any atom is 0.239 e. The first-order chi connectivity index (χ1) is 7.90. The van der Waals surface area contributed by atoms with E-state index in [9.17, 15) is 4.79 Å². The van der Waals surface area contributed by atoms with Crippen molar-refractivity contribution >= 4 is 11.7 Å². The third kappa shape index (κ3) is 5.29. The minimum Gasteiger partial charge on any atom is -0.361 e. The Balaban J connectivity index is 2.47. The Hall–Kier alpha value is -1.65. The molecule has 94 valence electrons. The number of rotatable bonds is 4. The second-order valence-corrected chi connectivity index (χ2v) is 4.90. The van der Waals surface area contributed by atoms with Crippen molar-refractivity contribution in [2.45, 2.75) is 39.7 Å². The zero-order valence-corrected chi connectivity index (χ0v) is 10.9.